The van der Waals surface area contributed by atoms with Crippen LogP contribution in [0.2, 0.25) is 0 Å². The predicted octanol–water partition coefficient (Wildman–Crippen LogP) is 0.0526. The second-order valence-corrected chi connectivity index (χ2v) is 3.35. The summed E-state index contributed by atoms with van der Waals surface area (Å²) in [5.74, 6) is 0. The van der Waals surface area contributed by atoms with E-state index in [2.05, 4.69) is 8.65 Å². The number of nitrogens with two attached hydrogens (primary N) is 1. The summed E-state index contributed by atoms with van der Waals surface area (Å²) < 4.78 is 4.87. The largest absolute Gasteiger partial charge is 0 e. The van der Waals surface area contributed by atoms with Crippen LogP contribution in [-0.2, 0) is 41.9 Å². The number of hydrogen-bond acceptors (Lipinski definition) is 1. The van der Waals surface area contributed by atoms with Crippen molar-refractivity contribution in [2.45, 2.75) is 0 Å². The van der Waals surface area contributed by atoms with Crippen molar-refractivity contribution in [1.82, 2.24) is 0 Å². The zero-order chi connectivity index (χ0) is 2.71. The monoisotopic (exact) mass is 226 g/mol. The van der Waals surface area contributed by atoms with E-state index in [4.69, 9.17) is 3.54 Å². The van der Waals surface area contributed by atoms with Gasteiger partial charge in [0.2, 0.25) is 0 Å². The molecule has 1 nitrogen and oxygen atoms in total. The zero-order valence-corrected chi connectivity index (χ0v) is 10.2. The van der Waals surface area contributed by atoms with Crippen LogP contribution in [0, 0.1) is 0 Å². The fraction of sp³-hybridized carbons (Fsp3) is 0. The van der Waals surface area contributed by atoms with Gasteiger partial charge in [-0.1, -0.05) is 0 Å². The molecule has 0 amide bonds. The number of rotatable bonds is 0. The third-order valence-electron chi connectivity index (χ3n) is 0. The first-order valence-corrected chi connectivity index (χ1v) is 8.55. The minimum atomic E-state index is -0.927. The predicted molar refractivity (Wildman–Crippen MR) is 11.8 cm³/mol. The smallest absolute Gasteiger partial charge is 0 e. The van der Waals surface area contributed by atoms with E-state index in [0.29, 0.717) is 0 Å². The molecule has 0 aliphatic heterocycles. The molecule has 0 aliphatic rings. The molecule has 0 bridgehead atoms. The van der Waals surface area contributed by atoms with Gasteiger partial charge in [-0.05, 0) is 0 Å². The Labute approximate surface area is 53.6 Å². The van der Waals surface area contributed by atoms with E-state index in [1.54, 1.807) is 0 Å². The second kappa shape index (κ2) is 8.83. The molecule has 0 aromatic carbocycles. The van der Waals surface area contributed by atoms with Gasteiger partial charge in [-0.2, -0.15) is 0 Å². The van der Waals surface area contributed by atoms with Gasteiger partial charge in [0.05, 0.1) is 0 Å². The Kier molecular flexibility index (Phi) is 20.3. The SMILES string of the molecule is [NH2][Cd]=[S].[Zn]. The molecule has 0 fully saturated rings. The molecule has 2 N–H and O–H groups in total. The van der Waals surface area contributed by atoms with Gasteiger partial charge in [0.15, 0.2) is 0 Å². The van der Waals surface area contributed by atoms with Crippen LogP contribution in [0.5, 0.6) is 0 Å². The van der Waals surface area contributed by atoms with Gasteiger partial charge >= 0.3 is 34.6 Å². The summed E-state index contributed by atoms with van der Waals surface area (Å²) in [7, 11) is 4.38. The van der Waals surface area contributed by atoms with Crippen LogP contribution in [0.15, 0.2) is 0 Å². The van der Waals surface area contributed by atoms with E-state index in [-0.39, 0.29) is 19.5 Å². The topological polar surface area (TPSA) is 26.0 Å². The fourth-order valence-electron chi connectivity index (χ4n) is 0. The van der Waals surface area contributed by atoms with E-state index in [1.165, 1.54) is 0 Å². The van der Waals surface area contributed by atoms with Crippen molar-refractivity contribution in [2.24, 2.45) is 3.54 Å². The van der Waals surface area contributed by atoms with Crippen LogP contribution in [0.25, 0.3) is 0 Å². The second-order valence-electron chi connectivity index (χ2n) is 0.167. The average molecular weight is 226 g/mol. The molecule has 0 heterocycles. The number of hydrogen-bond donors (Lipinski definition) is 1. The molecule has 0 unspecified atom stereocenters. The Balaban J connectivity index is 0. The van der Waals surface area contributed by atoms with Gasteiger partial charge in [0, 0.05) is 19.5 Å². The first-order chi connectivity index (χ1) is 1.41. The van der Waals surface area contributed by atoms with E-state index >= 15 is 0 Å². The van der Waals surface area contributed by atoms with E-state index in [9.17, 15) is 0 Å². The molecule has 0 atom stereocenters. The van der Waals surface area contributed by atoms with E-state index in [0.717, 1.165) is 0 Å². The Morgan fingerprint density at radius 1 is 1.75 bits per heavy atom. The molecule has 0 rings (SSSR count). The maximum Gasteiger partial charge on any atom is 0 e. The summed E-state index contributed by atoms with van der Waals surface area (Å²) in [5, 5.41) is 0. The molecule has 0 aliphatic carbocycles. The fourth-order valence-corrected chi connectivity index (χ4v) is 0. The van der Waals surface area contributed by atoms with Crippen LogP contribution >= 0.6 is 8.65 Å². The molecular formula is H2CdNSZn. The first kappa shape index (κ1) is 9.21. The Morgan fingerprint density at radius 2 is 1.75 bits per heavy atom. The van der Waals surface area contributed by atoms with Gasteiger partial charge in [0.1, 0.15) is 0 Å². The van der Waals surface area contributed by atoms with Gasteiger partial charge in [-0.25, -0.2) is 0 Å². The normalized spacial score (nSPS) is 2.25. The van der Waals surface area contributed by atoms with Crippen LogP contribution in [-0.4, -0.2) is 0 Å². The molecule has 4 heavy (non-hydrogen) atoms. The van der Waals surface area contributed by atoms with E-state index in [1.807, 2.05) is 0 Å². The third kappa shape index (κ3) is 9.30. The molecule has 0 aromatic heterocycles. The summed E-state index contributed by atoms with van der Waals surface area (Å²) in [4.78, 5) is 0. The van der Waals surface area contributed by atoms with E-state index < -0.39 is 22.5 Å². The summed E-state index contributed by atoms with van der Waals surface area (Å²) >= 11 is -0.927. The average Bonchev–Trinajstić information content (AvgIpc) is 0.918. The minimum absolute atomic E-state index is 0. The standard InChI is InChI=1S/Cd.H2N.S.Zn/h;1H2;;/q+1;-1;;. The molecule has 0 spiro atoms. The molecule has 0 saturated heterocycles. The summed E-state index contributed by atoms with van der Waals surface area (Å²) in [6.45, 7) is 0. The summed E-state index contributed by atoms with van der Waals surface area (Å²) in [6.07, 6.45) is 0. The molecule has 0 aromatic rings. The van der Waals surface area contributed by atoms with Crippen molar-refractivity contribution < 1.29 is 41.9 Å². The van der Waals surface area contributed by atoms with Crippen LogP contribution in [0.1, 0.15) is 0 Å². The van der Waals surface area contributed by atoms with Crippen molar-refractivity contribution in [1.29, 1.82) is 0 Å². The van der Waals surface area contributed by atoms with Crippen LogP contribution in [0.4, 0.5) is 0 Å². The first-order valence-electron chi connectivity index (χ1n) is 0.697. The van der Waals surface area contributed by atoms with Crippen molar-refractivity contribution >= 4 is 8.65 Å². The van der Waals surface area contributed by atoms with Crippen molar-refractivity contribution in [2.75, 3.05) is 0 Å². The minimum Gasteiger partial charge on any atom is 0 e. The van der Waals surface area contributed by atoms with Crippen molar-refractivity contribution in [3.05, 3.63) is 0 Å². The molecule has 0 saturated carbocycles. The van der Waals surface area contributed by atoms with Crippen molar-refractivity contribution in [3.8, 4) is 0 Å². The van der Waals surface area contributed by atoms with Crippen molar-refractivity contribution in [3.63, 3.8) is 0 Å². The summed E-state index contributed by atoms with van der Waals surface area (Å²) in [5.41, 5.74) is 0. The third-order valence-corrected chi connectivity index (χ3v) is 0. The van der Waals surface area contributed by atoms with Gasteiger partial charge < -0.3 is 0 Å². The molecular weight excluding hydrogens is 224 g/mol. The summed E-state index contributed by atoms with van der Waals surface area (Å²) in [6, 6.07) is 0. The quantitative estimate of drug-likeness (QED) is 0.590. The zero-order valence-electron chi connectivity index (χ0n) is 2.40. The Morgan fingerprint density at radius 3 is 1.75 bits per heavy atom. The van der Waals surface area contributed by atoms with Gasteiger partial charge in [0.25, 0.3) is 0 Å². The molecule has 4 heteroatoms. The Hall–Kier alpha value is 1.73. The Bertz CT molecular complexity index is 15.5. The molecule has 0 radical (unpaired) electrons. The molecule has 17 valence electrons. The van der Waals surface area contributed by atoms with Gasteiger partial charge in [-0.15, -0.1) is 0 Å². The van der Waals surface area contributed by atoms with Crippen LogP contribution in [0.3, 0.4) is 0 Å². The van der Waals surface area contributed by atoms with Crippen LogP contribution < -0.4 is 3.54 Å². The van der Waals surface area contributed by atoms with Gasteiger partial charge in [-0.3, -0.25) is 0 Å². The maximum absolute atomic E-state index is 4.87. The maximum atomic E-state index is 4.87.